The molecule has 1 N–H and O–H groups in total. The zero-order valence-electron chi connectivity index (χ0n) is 11.8. The number of aromatic nitrogens is 2. The second kappa shape index (κ2) is 6.06. The topological polar surface area (TPSA) is 55.0 Å². The minimum absolute atomic E-state index is 0.00417. The molecule has 20 heavy (non-hydrogen) atoms. The minimum atomic E-state index is 0.00417. The first kappa shape index (κ1) is 13.8. The number of H-pyrrole nitrogens is 1. The van der Waals surface area contributed by atoms with Crippen molar-refractivity contribution in [1.29, 1.82) is 0 Å². The lowest BCUT2D eigenvalue weighted by atomic mass is 10.1. The average molecular weight is 292 g/mol. The summed E-state index contributed by atoms with van der Waals surface area (Å²) in [6.07, 6.45) is 6.75. The molecule has 0 atom stereocenters. The molecule has 2 heterocycles. The highest BCUT2D eigenvalue weighted by Crippen LogP contribution is 2.32. The summed E-state index contributed by atoms with van der Waals surface area (Å²) in [7, 11) is 0. The highest BCUT2D eigenvalue weighted by atomic mass is 32.1. The van der Waals surface area contributed by atoms with E-state index in [1.54, 1.807) is 11.3 Å². The van der Waals surface area contributed by atoms with Crippen LogP contribution in [0.3, 0.4) is 0 Å². The van der Waals surface area contributed by atoms with Gasteiger partial charge in [0.1, 0.15) is 17.3 Å². The van der Waals surface area contributed by atoms with Crippen molar-refractivity contribution in [2.24, 2.45) is 0 Å². The fourth-order valence-corrected chi connectivity index (χ4v) is 4.05. The monoisotopic (exact) mass is 292 g/mol. The molecule has 0 saturated heterocycles. The molecule has 0 radical (unpaired) electrons. The van der Waals surface area contributed by atoms with Crippen molar-refractivity contribution in [1.82, 2.24) is 9.97 Å². The number of rotatable bonds is 4. The molecule has 0 unspecified atom stereocenters. The molecule has 2 aromatic heterocycles. The lowest BCUT2D eigenvalue weighted by Crippen LogP contribution is -2.13. The Morgan fingerprint density at radius 3 is 3.00 bits per heavy atom. The number of nitrogens with one attached hydrogen (secondary N) is 1. The van der Waals surface area contributed by atoms with Crippen molar-refractivity contribution in [3.63, 3.8) is 0 Å². The van der Waals surface area contributed by atoms with Gasteiger partial charge < -0.3 is 9.72 Å². The van der Waals surface area contributed by atoms with Crippen LogP contribution in [0, 0.1) is 0 Å². The van der Waals surface area contributed by atoms with Crippen molar-refractivity contribution < 1.29 is 4.74 Å². The van der Waals surface area contributed by atoms with Crippen LogP contribution in [0.15, 0.2) is 4.79 Å². The van der Waals surface area contributed by atoms with Crippen molar-refractivity contribution in [2.45, 2.75) is 52.1 Å². The molecule has 1 aliphatic rings. The number of nitrogens with zero attached hydrogens (tertiary/aromatic N) is 1. The first-order valence-corrected chi connectivity index (χ1v) is 8.22. The summed E-state index contributed by atoms with van der Waals surface area (Å²) in [5, 5.41) is 0.825. The average Bonchev–Trinajstić information content (AvgIpc) is 2.62. The number of thiophene rings is 1. The van der Waals surface area contributed by atoms with Crippen LogP contribution < -0.4 is 5.56 Å². The van der Waals surface area contributed by atoms with Gasteiger partial charge in [0.15, 0.2) is 0 Å². The molecule has 108 valence electrons. The molecule has 0 spiro atoms. The summed E-state index contributed by atoms with van der Waals surface area (Å²) in [4.78, 5) is 22.0. The van der Waals surface area contributed by atoms with Gasteiger partial charge in [-0.1, -0.05) is 13.3 Å². The van der Waals surface area contributed by atoms with Gasteiger partial charge in [0.05, 0.1) is 5.39 Å². The predicted molar refractivity (Wildman–Crippen MR) is 81.4 cm³/mol. The smallest absolute Gasteiger partial charge is 0.260 e. The number of ether oxygens (including phenoxy) is 1. The Hall–Kier alpha value is -1.20. The molecule has 5 heteroatoms. The largest absolute Gasteiger partial charge is 0.374 e. The molecule has 0 bridgehead atoms. The third-order valence-electron chi connectivity index (χ3n) is 3.71. The Morgan fingerprint density at radius 1 is 1.30 bits per heavy atom. The Labute approximate surface area is 122 Å². The third kappa shape index (κ3) is 2.65. The predicted octanol–water partition coefficient (Wildman–Crippen LogP) is 3.18. The normalized spacial score (nSPS) is 15.2. The van der Waals surface area contributed by atoms with E-state index in [0.717, 1.165) is 29.5 Å². The van der Waals surface area contributed by atoms with E-state index in [4.69, 9.17) is 4.74 Å². The van der Waals surface area contributed by atoms with Gasteiger partial charge in [0.2, 0.25) is 0 Å². The van der Waals surface area contributed by atoms with Crippen LogP contribution in [-0.4, -0.2) is 16.6 Å². The Kier molecular flexibility index (Phi) is 4.17. The van der Waals surface area contributed by atoms with Gasteiger partial charge in [-0.25, -0.2) is 4.98 Å². The number of aromatic amines is 1. The summed E-state index contributed by atoms with van der Waals surface area (Å²) < 4.78 is 5.47. The van der Waals surface area contributed by atoms with Crippen molar-refractivity contribution in [3.05, 3.63) is 26.6 Å². The maximum Gasteiger partial charge on any atom is 0.260 e. The maximum atomic E-state index is 12.3. The molecule has 0 fully saturated rings. The van der Waals surface area contributed by atoms with Gasteiger partial charge in [-0.2, -0.15) is 0 Å². The van der Waals surface area contributed by atoms with Crippen LogP contribution in [0.4, 0.5) is 0 Å². The highest BCUT2D eigenvalue weighted by molar-refractivity contribution is 7.18. The van der Waals surface area contributed by atoms with Crippen LogP contribution in [-0.2, 0) is 24.2 Å². The van der Waals surface area contributed by atoms with E-state index in [9.17, 15) is 4.79 Å². The fourth-order valence-electron chi connectivity index (χ4n) is 2.77. The molecular formula is C15H20N2O2S. The van der Waals surface area contributed by atoms with E-state index in [-0.39, 0.29) is 5.56 Å². The van der Waals surface area contributed by atoms with Crippen molar-refractivity contribution in [2.75, 3.05) is 6.61 Å². The Morgan fingerprint density at radius 2 is 2.15 bits per heavy atom. The maximum absolute atomic E-state index is 12.3. The van der Waals surface area contributed by atoms with Crippen LogP contribution in [0.1, 0.15) is 48.9 Å². The van der Waals surface area contributed by atoms with Gasteiger partial charge in [0, 0.05) is 11.5 Å². The van der Waals surface area contributed by atoms with E-state index in [1.807, 2.05) is 0 Å². The zero-order valence-corrected chi connectivity index (χ0v) is 12.6. The highest BCUT2D eigenvalue weighted by Gasteiger charge is 2.18. The van der Waals surface area contributed by atoms with Crippen LogP contribution >= 0.6 is 11.3 Å². The summed E-state index contributed by atoms with van der Waals surface area (Å²) in [6.45, 7) is 3.15. The lowest BCUT2D eigenvalue weighted by molar-refractivity contribution is 0.116. The molecule has 0 aliphatic heterocycles. The first-order chi connectivity index (χ1) is 9.79. The van der Waals surface area contributed by atoms with Gasteiger partial charge >= 0.3 is 0 Å². The standard InChI is InChI=1S/C15H20N2O2S/c1-2-8-19-9-12-16-14(18)13-10-6-4-3-5-7-11(10)20-15(13)17-12/h2-9H2,1H3,(H,16,17,18). The summed E-state index contributed by atoms with van der Waals surface area (Å²) >= 11 is 1.69. The lowest BCUT2D eigenvalue weighted by Gasteiger charge is -2.02. The number of fused-ring (bicyclic) bond motifs is 3. The molecule has 0 amide bonds. The number of hydrogen-bond donors (Lipinski definition) is 1. The van der Waals surface area contributed by atoms with Gasteiger partial charge in [-0.05, 0) is 37.7 Å². The number of aryl methyl sites for hydroxylation is 2. The van der Waals surface area contributed by atoms with E-state index < -0.39 is 0 Å². The first-order valence-electron chi connectivity index (χ1n) is 7.40. The van der Waals surface area contributed by atoms with E-state index in [0.29, 0.717) is 19.0 Å². The Bertz CT molecular complexity index is 660. The second-order valence-corrected chi connectivity index (χ2v) is 6.39. The Balaban J connectivity index is 1.98. The summed E-state index contributed by atoms with van der Waals surface area (Å²) in [5.74, 6) is 0.646. The number of hydrogen-bond acceptors (Lipinski definition) is 4. The molecule has 0 aromatic carbocycles. The fraction of sp³-hybridized carbons (Fsp3) is 0.600. The van der Waals surface area contributed by atoms with Crippen LogP contribution in [0.25, 0.3) is 10.2 Å². The molecule has 3 rings (SSSR count). The van der Waals surface area contributed by atoms with Gasteiger partial charge in [-0.3, -0.25) is 4.79 Å². The van der Waals surface area contributed by atoms with E-state index in [2.05, 4.69) is 16.9 Å². The molecule has 1 aliphatic carbocycles. The summed E-state index contributed by atoms with van der Waals surface area (Å²) in [5.41, 5.74) is 1.25. The van der Waals surface area contributed by atoms with Crippen molar-refractivity contribution >= 4 is 21.6 Å². The van der Waals surface area contributed by atoms with Gasteiger partial charge in [0.25, 0.3) is 5.56 Å². The zero-order chi connectivity index (χ0) is 13.9. The SMILES string of the molecule is CCCOCc1nc2sc3c(c2c(=O)[nH]1)CCCCC3. The molecule has 0 saturated carbocycles. The van der Waals surface area contributed by atoms with E-state index >= 15 is 0 Å². The van der Waals surface area contributed by atoms with Gasteiger partial charge in [-0.15, -0.1) is 11.3 Å². The van der Waals surface area contributed by atoms with Crippen LogP contribution in [0.2, 0.25) is 0 Å². The molecular weight excluding hydrogens is 272 g/mol. The second-order valence-electron chi connectivity index (χ2n) is 5.31. The molecule has 4 nitrogen and oxygen atoms in total. The third-order valence-corrected chi connectivity index (χ3v) is 4.90. The summed E-state index contributed by atoms with van der Waals surface area (Å²) in [6, 6.07) is 0. The van der Waals surface area contributed by atoms with Crippen LogP contribution in [0.5, 0.6) is 0 Å². The quantitative estimate of drug-likeness (QED) is 0.695. The van der Waals surface area contributed by atoms with Crippen molar-refractivity contribution in [3.8, 4) is 0 Å². The van der Waals surface area contributed by atoms with E-state index in [1.165, 1.54) is 29.7 Å². The minimum Gasteiger partial charge on any atom is -0.374 e. The molecule has 2 aromatic rings.